The maximum atomic E-state index is 11.0. The summed E-state index contributed by atoms with van der Waals surface area (Å²) in [4.78, 5) is 16.7. The average Bonchev–Trinajstić information content (AvgIpc) is 2.89. The fourth-order valence-corrected chi connectivity index (χ4v) is 5.14. The van der Waals surface area contributed by atoms with Crippen molar-refractivity contribution in [2.45, 2.75) is 23.5 Å². The highest BCUT2D eigenvalue weighted by atomic mass is 35.5. The van der Waals surface area contributed by atoms with Crippen molar-refractivity contribution >= 4 is 52.1 Å². The molecule has 0 amide bonds. The molecule has 1 aliphatic rings. The van der Waals surface area contributed by atoms with Crippen LogP contribution in [0.4, 0.5) is 11.4 Å². The highest BCUT2D eigenvalue weighted by Crippen LogP contribution is 2.47. The Morgan fingerprint density at radius 3 is 2.55 bits per heavy atom. The number of aliphatic imine (C=N–C) groups is 1. The summed E-state index contributed by atoms with van der Waals surface area (Å²) < 4.78 is 0. The number of benzene rings is 3. The molecule has 0 saturated heterocycles. The van der Waals surface area contributed by atoms with E-state index in [2.05, 4.69) is 13.0 Å². The Hall–Kier alpha value is -2.34. The van der Waals surface area contributed by atoms with Gasteiger partial charge < -0.3 is 0 Å². The zero-order valence-corrected chi connectivity index (χ0v) is 17.8. The van der Waals surface area contributed by atoms with Crippen molar-refractivity contribution in [2.24, 2.45) is 4.99 Å². The first-order valence-electron chi connectivity index (χ1n) is 8.96. The quantitative estimate of drug-likeness (QED) is 0.310. The van der Waals surface area contributed by atoms with E-state index in [4.69, 9.17) is 28.2 Å². The second-order valence-corrected chi connectivity index (χ2v) is 8.82. The van der Waals surface area contributed by atoms with E-state index >= 15 is 0 Å². The molecule has 3 aromatic carbocycles. The predicted octanol–water partition coefficient (Wildman–Crippen LogP) is 7.57. The summed E-state index contributed by atoms with van der Waals surface area (Å²) in [5.41, 5.74) is 4.85. The Morgan fingerprint density at radius 1 is 1.10 bits per heavy atom. The van der Waals surface area contributed by atoms with Crippen LogP contribution < -0.4 is 0 Å². The third-order valence-electron chi connectivity index (χ3n) is 4.80. The van der Waals surface area contributed by atoms with Crippen molar-refractivity contribution in [2.75, 3.05) is 0 Å². The molecule has 4 rings (SSSR count). The molecule has 3 aromatic rings. The summed E-state index contributed by atoms with van der Waals surface area (Å²) >= 11 is 14.3. The van der Waals surface area contributed by atoms with E-state index in [1.165, 1.54) is 0 Å². The fourth-order valence-electron chi connectivity index (χ4n) is 3.32. The number of halogens is 2. The van der Waals surface area contributed by atoms with Crippen LogP contribution in [0.1, 0.15) is 28.4 Å². The molecule has 0 bridgehead atoms. The standard InChI is InChI=1S/C22H16Cl2N2O2S/c1-13-3-2-4-19-22(13)29-21(14-5-8-16(9-6-14)26(27)28)12-20(25-19)17-10-7-15(23)11-18(17)24/h2-11,21H,12H2,1H3. The lowest BCUT2D eigenvalue weighted by Gasteiger charge is -2.17. The van der Waals surface area contributed by atoms with Gasteiger partial charge in [-0.25, -0.2) is 0 Å². The largest absolute Gasteiger partial charge is 0.269 e. The fraction of sp³-hybridized carbons (Fsp3) is 0.136. The molecule has 146 valence electrons. The second kappa shape index (κ2) is 8.19. The van der Waals surface area contributed by atoms with Crippen molar-refractivity contribution in [1.82, 2.24) is 0 Å². The Labute approximate surface area is 182 Å². The normalized spacial score (nSPS) is 16.0. The molecule has 1 atom stereocenters. The van der Waals surface area contributed by atoms with Crippen molar-refractivity contribution in [1.29, 1.82) is 0 Å². The molecule has 29 heavy (non-hydrogen) atoms. The first-order valence-corrected chi connectivity index (χ1v) is 10.6. The van der Waals surface area contributed by atoms with Gasteiger partial charge in [-0.3, -0.25) is 15.1 Å². The molecule has 0 saturated carbocycles. The number of hydrogen-bond acceptors (Lipinski definition) is 4. The van der Waals surface area contributed by atoms with Crippen molar-refractivity contribution in [3.63, 3.8) is 0 Å². The maximum Gasteiger partial charge on any atom is 0.269 e. The monoisotopic (exact) mass is 442 g/mol. The SMILES string of the molecule is Cc1cccc2c1SC(c1ccc([N+](=O)[O-])cc1)CC(c1ccc(Cl)cc1Cl)=N2. The van der Waals surface area contributed by atoms with Crippen LogP contribution in [0.25, 0.3) is 0 Å². The summed E-state index contributed by atoms with van der Waals surface area (Å²) in [5.74, 6) is 0. The van der Waals surface area contributed by atoms with E-state index < -0.39 is 0 Å². The van der Waals surface area contributed by atoms with Gasteiger partial charge in [0.1, 0.15) is 0 Å². The van der Waals surface area contributed by atoms with Crippen molar-refractivity contribution in [3.05, 3.63) is 97.5 Å². The number of rotatable bonds is 3. The molecule has 0 spiro atoms. The number of nitro groups is 1. The number of nitro benzene ring substituents is 1. The number of fused-ring (bicyclic) bond motifs is 1. The van der Waals surface area contributed by atoms with Gasteiger partial charge in [-0.1, -0.05) is 53.5 Å². The second-order valence-electron chi connectivity index (χ2n) is 6.77. The van der Waals surface area contributed by atoms with E-state index in [-0.39, 0.29) is 15.9 Å². The Bertz CT molecular complexity index is 1130. The van der Waals surface area contributed by atoms with Crippen LogP contribution in [-0.2, 0) is 0 Å². The molecule has 0 aliphatic carbocycles. The Morgan fingerprint density at radius 2 is 1.86 bits per heavy atom. The molecule has 4 nitrogen and oxygen atoms in total. The van der Waals surface area contributed by atoms with Gasteiger partial charge in [-0.15, -0.1) is 11.8 Å². The minimum atomic E-state index is -0.385. The van der Waals surface area contributed by atoms with Gasteiger partial charge in [-0.05, 0) is 36.2 Å². The predicted molar refractivity (Wildman–Crippen MR) is 120 cm³/mol. The zero-order valence-electron chi connectivity index (χ0n) is 15.4. The average molecular weight is 443 g/mol. The third-order valence-corrected chi connectivity index (χ3v) is 6.84. The molecular formula is C22H16Cl2N2O2S. The van der Waals surface area contributed by atoms with Crippen LogP contribution >= 0.6 is 35.0 Å². The van der Waals surface area contributed by atoms with Gasteiger partial charge in [0.2, 0.25) is 0 Å². The van der Waals surface area contributed by atoms with Gasteiger partial charge >= 0.3 is 0 Å². The van der Waals surface area contributed by atoms with E-state index in [1.54, 1.807) is 36.0 Å². The van der Waals surface area contributed by atoms with Crippen molar-refractivity contribution < 1.29 is 4.92 Å². The number of aryl methyl sites for hydroxylation is 1. The molecule has 1 unspecified atom stereocenters. The summed E-state index contributed by atoms with van der Waals surface area (Å²) in [7, 11) is 0. The van der Waals surface area contributed by atoms with Gasteiger partial charge in [0.15, 0.2) is 0 Å². The summed E-state index contributed by atoms with van der Waals surface area (Å²) in [5, 5.41) is 12.2. The number of thioether (sulfide) groups is 1. The molecule has 0 aromatic heterocycles. The summed E-state index contributed by atoms with van der Waals surface area (Å²) in [6.07, 6.45) is 0.637. The summed E-state index contributed by atoms with van der Waals surface area (Å²) in [6.45, 7) is 2.06. The molecule has 1 aliphatic heterocycles. The molecule has 0 fully saturated rings. The number of hydrogen-bond donors (Lipinski definition) is 0. The molecule has 0 N–H and O–H groups in total. The van der Waals surface area contributed by atoms with E-state index in [0.29, 0.717) is 16.5 Å². The maximum absolute atomic E-state index is 11.0. The summed E-state index contributed by atoms with van der Waals surface area (Å²) in [6, 6.07) is 18.2. The van der Waals surface area contributed by atoms with Gasteiger partial charge in [-0.2, -0.15) is 0 Å². The van der Waals surface area contributed by atoms with Crippen LogP contribution in [0, 0.1) is 17.0 Å². The van der Waals surface area contributed by atoms with Crippen molar-refractivity contribution in [3.8, 4) is 0 Å². The zero-order chi connectivity index (χ0) is 20.5. The van der Waals surface area contributed by atoms with E-state index in [1.807, 2.05) is 30.3 Å². The van der Waals surface area contributed by atoms with Gasteiger partial charge in [0, 0.05) is 39.3 Å². The molecule has 1 heterocycles. The van der Waals surface area contributed by atoms with Crippen LogP contribution in [0.15, 0.2) is 70.6 Å². The lowest BCUT2D eigenvalue weighted by atomic mass is 10.0. The Kier molecular flexibility index (Phi) is 5.63. The molecule has 0 radical (unpaired) electrons. The molecular weight excluding hydrogens is 427 g/mol. The highest BCUT2D eigenvalue weighted by Gasteiger charge is 2.25. The van der Waals surface area contributed by atoms with Crippen LogP contribution in [-0.4, -0.2) is 10.6 Å². The molecule has 7 heteroatoms. The van der Waals surface area contributed by atoms with Gasteiger partial charge in [0.05, 0.1) is 21.3 Å². The highest BCUT2D eigenvalue weighted by molar-refractivity contribution is 7.99. The Balaban J connectivity index is 1.81. The first-order chi connectivity index (χ1) is 13.9. The number of nitrogens with zero attached hydrogens (tertiary/aromatic N) is 2. The van der Waals surface area contributed by atoms with Gasteiger partial charge in [0.25, 0.3) is 5.69 Å². The number of non-ortho nitro benzene ring substituents is 1. The third kappa shape index (κ3) is 4.17. The topological polar surface area (TPSA) is 55.5 Å². The van der Waals surface area contributed by atoms with E-state index in [9.17, 15) is 10.1 Å². The van der Waals surface area contributed by atoms with Crippen LogP contribution in [0.3, 0.4) is 0 Å². The smallest absolute Gasteiger partial charge is 0.258 e. The lowest BCUT2D eigenvalue weighted by molar-refractivity contribution is -0.384. The van der Waals surface area contributed by atoms with Crippen LogP contribution in [0.2, 0.25) is 10.0 Å². The van der Waals surface area contributed by atoms with E-state index in [0.717, 1.165) is 33.0 Å². The minimum Gasteiger partial charge on any atom is -0.258 e. The van der Waals surface area contributed by atoms with Crippen LogP contribution in [0.5, 0.6) is 0 Å². The lowest BCUT2D eigenvalue weighted by Crippen LogP contribution is -2.06. The minimum absolute atomic E-state index is 0.0450. The first kappa shape index (κ1) is 20.0.